The second kappa shape index (κ2) is 14.5. The molecule has 0 saturated heterocycles. The number of rotatable bonds is 0. The fourth-order valence-electron chi connectivity index (χ4n) is 1.82. The van der Waals surface area contributed by atoms with E-state index in [2.05, 4.69) is 36.0 Å². The minimum atomic E-state index is 0.829. The van der Waals surface area contributed by atoms with Crippen molar-refractivity contribution in [1.82, 2.24) is 29.9 Å². The molecule has 0 spiro atoms. The molecule has 4 rings (SSSR count). The van der Waals surface area contributed by atoms with Crippen molar-refractivity contribution in [1.29, 1.82) is 0 Å². The molecule has 156 valence electrons. The second-order valence-electron chi connectivity index (χ2n) is 6.73. The smallest absolute Gasteiger partial charge is 0.125 e. The van der Waals surface area contributed by atoms with Gasteiger partial charge in [-0.3, -0.25) is 9.97 Å². The van der Waals surface area contributed by atoms with Crippen LogP contribution in [0.3, 0.4) is 0 Å². The van der Waals surface area contributed by atoms with Crippen LogP contribution >= 0.6 is 0 Å². The van der Waals surface area contributed by atoms with Crippen molar-refractivity contribution in [2.75, 3.05) is 0 Å². The molecule has 4 aromatic rings. The molecule has 4 heterocycles. The Kier molecular flexibility index (Phi) is 11.8. The number of aryl methyl sites for hydroxylation is 6. The molecule has 0 aliphatic carbocycles. The SMILES string of the molecule is Cc1ccc(C)nc1.Cc1cccnc1.Cc1cnc(C)nc1.Cc1cncnc1. The summed E-state index contributed by atoms with van der Waals surface area (Å²) in [5.74, 6) is 0.829. The van der Waals surface area contributed by atoms with Crippen LogP contribution in [-0.4, -0.2) is 29.9 Å². The minimum absolute atomic E-state index is 0.829. The summed E-state index contributed by atoms with van der Waals surface area (Å²) in [4.78, 5) is 23.4. The molecule has 4 aromatic heterocycles. The lowest BCUT2D eigenvalue weighted by Crippen LogP contribution is -1.84. The summed E-state index contributed by atoms with van der Waals surface area (Å²) in [5, 5.41) is 0. The lowest BCUT2D eigenvalue weighted by atomic mass is 10.3. The molecule has 0 bridgehead atoms. The summed E-state index contributed by atoms with van der Waals surface area (Å²) in [6.45, 7) is 11.8. The van der Waals surface area contributed by atoms with Crippen LogP contribution < -0.4 is 0 Å². The van der Waals surface area contributed by atoms with Gasteiger partial charge < -0.3 is 0 Å². The van der Waals surface area contributed by atoms with E-state index >= 15 is 0 Å². The highest BCUT2D eigenvalue weighted by molar-refractivity contribution is 5.10. The van der Waals surface area contributed by atoms with Crippen LogP contribution in [-0.2, 0) is 0 Å². The van der Waals surface area contributed by atoms with Crippen LogP contribution in [0, 0.1) is 41.5 Å². The van der Waals surface area contributed by atoms with Gasteiger partial charge in [0.15, 0.2) is 0 Å². The van der Waals surface area contributed by atoms with Crippen molar-refractivity contribution in [2.24, 2.45) is 0 Å². The van der Waals surface area contributed by atoms with Crippen molar-refractivity contribution in [3.63, 3.8) is 0 Å². The molecular weight excluding hydrogens is 372 g/mol. The molecule has 0 unspecified atom stereocenters. The van der Waals surface area contributed by atoms with Gasteiger partial charge in [0.1, 0.15) is 12.2 Å². The molecule has 6 heteroatoms. The van der Waals surface area contributed by atoms with E-state index in [4.69, 9.17) is 0 Å². The van der Waals surface area contributed by atoms with Gasteiger partial charge in [-0.2, -0.15) is 0 Å². The normalized spacial score (nSPS) is 9.00. The van der Waals surface area contributed by atoms with Gasteiger partial charge in [-0.05, 0) is 75.9 Å². The van der Waals surface area contributed by atoms with E-state index in [0.29, 0.717) is 0 Å². The molecule has 30 heavy (non-hydrogen) atoms. The first-order chi connectivity index (χ1) is 14.4. The summed E-state index contributed by atoms with van der Waals surface area (Å²) < 4.78 is 0. The maximum Gasteiger partial charge on any atom is 0.125 e. The highest BCUT2D eigenvalue weighted by atomic mass is 14.8. The molecule has 0 aliphatic heterocycles. The predicted molar refractivity (Wildman–Crippen MR) is 121 cm³/mol. The zero-order valence-electron chi connectivity index (χ0n) is 18.6. The molecule has 0 N–H and O–H groups in total. The fraction of sp³-hybridized carbons (Fsp3) is 0.250. The summed E-state index contributed by atoms with van der Waals surface area (Å²) in [6, 6.07) is 8.01. The Morgan fingerprint density at radius 1 is 0.500 bits per heavy atom. The maximum atomic E-state index is 4.08. The topological polar surface area (TPSA) is 77.3 Å². The van der Waals surface area contributed by atoms with E-state index in [1.165, 1.54) is 17.5 Å². The molecule has 0 atom stereocenters. The van der Waals surface area contributed by atoms with Crippen molar-refractivity contribution in [3.05, 3.63) is 108 Å². The molecule has 0 radical (unpaired) electrons. The van der Waals surface area contributed by atoms with Gasteiger partial charge in [-0.25, -0.2) is 19.9 Å². The van der Waals surface area contributed by atoms with Crippen LogP contribution in [0.5, 0.6) is 0 Å². The van der Waals surface area contributed by atoms with E-state index in [-0.39, 0.29) is 0 Å². The Bertz CT molecular complexity index is 802. The Hall–Kier alpha value is -3.54. The van der Waals surface area contributed by atoms with Crippen LogP contribution in [0.25, 0.3) is 0 Å². The van der Waals surface area contributed by atoms with E-state index in [9.17, 15) is 0 Å². The largest absolute Gasteiger partial charge is 0.264 e. The number of nitrogens with zero attached hydrogens (tertiary/aromatic N) is 6. The molecule has 0 amide bonds. The molecule has 0 saturated carbocycles. The molecule has 0 fully saturated rings. The van der Waals surface area contributed by atoms with Gasteiger partial charge in [0.25, 0.3) is 0 Å². The monoisotopic (exact) mass is 402 g/mol. The van der Waals surface area contributed by atoms with Crippen molar-refractivity contribution < 1.29 is 0 Å². The third kappa shape index (κ3) is 12.8. The zero-order valence-corrected chi connectivity index (χ0v) is 18.6. The van der Waals surface area contributed by atoms with Gasteiger partial charge in [0.2, 0.25) is 0 Å². The summed E-state index contributed by atoms with van der Waals surface area (Å²) in [7, 11) is 0. The van der Waals surface area contributed by atoms with E-state index in [1.54, 1.807) is 18.6 Å². The molecule has 0 aliphatic rings. The molecule has 6 nitrogen and oxygen atoms in total. The molecular formula is C24H30N6. The number of pyridine rings is 2. The van der Waals surface area contributed by atoms with Gasteiger partial charge in [0.05, 0.1) is 0 Å². The van der Waals surface area contributed by atoms with Gasteiger partial charge in [-0.15, -0.1) is 0 Å². The first-order valence-corrected chi connectivity index (χ1v) is 9.59. The van der Waals surface area contributed by atoms with E-state index in [1.807, 2.05) is 84.5 Å². The highest BCUT2D eigenvalue weighted by Gasteiger charge is 1.83. The average Bonchev–Trinajstić information content (AvgIpc) is 2.75. The van der Waals surface area contributed by atoms with E-state index in [0.717, 1.165) is 22.6 Å². The standard InChI is InChI=1S/C7H9N.C6H8N2.C6H7N.C5H6N2/c1-6-3-4-7(2)8-5-6;1-5-3-7-6(2)8-4-5;1-6-3-2-4-7-5-6;1-5-2-6-4-7-3-5/h3-5H,1-2H3;3-4H,1-2H3;2-5H,1H3;2-4H,1H3. The van der Waals surface area contributed by atoms with Crippen molar-refractivity contribution in [3.8, 4) is 0 Å². The van der Waals surface area contributed by atoms with Crippen LogP contribution in [0.2, 0.25) is 0 Å². The van der Waals surface area contributed by atoms with Crippen LogP contribution in [0.4, 0.5) is 0 Å². The van der Waals surface area contributed by atoms with Crippen molar-refractivity contribution in [2.45, 2.75) is 41.5 Å². The first-order valence-electron chi connectivity index (χ1n) is 9.59. The Balaban J connectivity index is 0.000000200. The van der Waals surface area contributed by atoms with E-state index < -0.39 is 0 Å². The summed E-state index contributed by atoms with van der Waals surface area (Å²) in [6.07, 6.45) is 14.2. The molecule has 0 aromatic carbocycles. The number of hydrogen-bond acceptors (Lipinski definition) is 6. The van der Waals surface area contributed by atoms with Gasteiger partial charge >= 0.3 is 0 Å². The van der Waals surface area contributed by atoms with Gasteiger partial charge in [-0.1, -0.05) is 12.1 Å². The summed E-state index contributed by atoms with van der Waals surface area (Å²) in [5.41, 5.74) is 5.71. The predicted octanol–water partition coefficient (Wildman–Crippen LogP) is 4.97. The summed E-state index contributed by atoms with van der Waals surface area (Å²) >= 11 is 0. The van der Waals surface area contributed by atoms with Crippen LogP contribution in [0.1, 0.15) is 33.8 Å². The number of hydrogen-bond donors (Lipinski definition) is 0. The highest BCUT2D eigenvalue weighted by Crippen LogP contribution is 1.94. The van der Waals surface area contributed by atoms with Gasteiger partial charge in [0, 0.05) is 49.1 Å². The quantitative estimate of drug-likeness (QED) is 0.413. The minimum Gasteiger partial charge on any atom is -0.264 e. The fourth-order valence-corrected chi connectivity index (χ4v) is 1.82. The third-order valence-electron chi connectivity index (χ3n) is 3.47. The Labute approximate surface area is 179 Å². The number of aromatic nitrogens is 6. The third-order valence-corrected chi connectivity index (χ3v) is 3.47. The van der Waals surface area contributed by atoms with Crippen molar-refractivity contribution >= 4 is 0 Å². The maximum absolute atomic E-state index is 4.08. The Morgan fingerprint density at radius 3 is 1.37 bits per heavy atom. The first kappa shape index (κ1) is 24.5. The second-order valence-corrected chi connectivity index (χ2v) is 6.73. The van der Waals surface area contributed by atoms with Crippen LogP contribution in [0.15, 0.2) is 74.0 Å². The lowest BCUT2D eigenvalue weighted by Gasteiger charge is -1.89. The average molecular weight is 403 g/mol. The zero-order chi connectivity index (χ0) is 22.2. The lowest BCUT2D eigenvalue weighted by molar-refractivity contribution is 1.03. The Morgan fingerprint density at radius 2 is 1.03 bits per heavy atom.